The van der Waals surface area contributed by atoms with Crippen molar-refractivity contribution >= 4 is 11.6 Å². The first-order valence-corrected chi connectivity index (χ1v) is 10.1. The SMILES string of the molecule is CCCOc1ccc(NC(=O)C2(c3ccc(C)cc3)CCCCC2)cc1C#N. The number of nitrogens with one attached hydrogen (secondary N) is 1. The summed E-state index contributed by atoms with van der Waals surface area (Å²) < 4.78 is 5.62. The molecule has 1 aliphatic rings. The van der Waals surface area contributed by atoms with Crippen molar-refractivity contribution < 1.29 is 9.53 Å². The van der Waals surface area contributed by atoms with Crippen LogP contribution in [0.4, 0.5) is 5.69 Å². The Morgan fingerprint density at radius 2 is 1.86 bits per heavy atom. The highest BCUT2D eigenvalue weighted by atomic mass is 16.5. The van der Waals surface area contributed by atoms with E-state index in [9.17, 15) is 10.1 Å². The van der Waals surface area contributed by atoms with Crippen LogP contribution in [0, 0.1) is 18.3 Å². The fraction of sp³-hybridized carbons (Fsp3) is 0.417. The van der Waals surface area contributed by atoms with E-state index in [-0.39, 0.29) is 5.91 Å². The fourth-order valence-corrected chi connectivity index (χ4v) is 3.96. The van der Waals surface area contributed by atoms with Gasteiger partial charge < -0.3 is 10.1 Å². The van der Waals surface area contributed by atoms with Gasteiger partial charge in [0.25, 0.3) is 0 Å². The molecule has 4 nitrogen and oxygen atoms in total. The minimum absolute atomic E-state index is 0.0159. The Labute approximate surface area is 167 Å². The van der Waals surface area contributed by atoms with Crippen molar-refractivity contribution in [1.82, 2.24) is 0 Å². The van der Waals surface area contributed by atoms with E-state index in [1.165, 1.54) is 12.0 Å². The molecule has 2 aromatic rings. The molecule has 0 saturated heterocycles. The van der Waals surface area contributed by atoms with Crippen molar-refractivity contribution in [3.05, 3.63) is 59.2 Å². The van der Waals surface area contributed by atoms with E-state index in [4.69, 9.17) is 4.74 Å². The van der Waals surface area contributed by atoms with Crippen molar-refractivity contribution in [3.63, 3.8) is 0 Å². The first kappa shape index (κ1) is 19.9. The summed E-state index contributed by atoms with van der Waals surface area (Å²) in [6.07, 6.45) is 5.85. The predicted octanol–water partition coefficient (Wildman–Crippen LogP) is 5.50. The summed E-state index contributed by atoms with van der Waals surface area (Å²) in [4.78, 5) is 13.4. The van der Waals surface area contributed by atoms with E-state index in [1.54, 1.807) is 12.1 Å². The molecule has 1 aliphatic carbocycles. The molecule has 1 fully saturated rings. The largest absolute Gasteiger partial charge is 0.492 e. The van der Waals surface area contributed by atoms with Crippen molar-refractivity contribution in [1.29, 1.82) is 5.26 Å². The summed E-state index contributed by atoms with van der Waals surface area (Å²) in [5.41, 5.74) is 2.85. The van der Waals surface area contributed by atoms with Crippen LogP contribution in [0.5, 0.6) is 5.75 Å². The lowest BCUT2D eigenvalue weighted by atomic mass is 9.68. The lowest BCUT2D eigenvalue weighted by molar-refractivity contribution is -0.122. The number of carbonyl (C=O) groups is 1. The van der Waals surface area contributed by atoms with Crippen LogP contribution in [0.3, 0.4) is 0 Å². The van der Waals surface area contributed by atoms with Crippen molar-refractivity contribution in [2.24, 2.45) is 0 Å². The summed E-state index contributed by atoms with van der Waals surface area (Å²) >= 11 is 0. The zero-order valence-electron chi connectivity index (χ0n) is 16.8. The summed E-state index contributed by atoms with van der Waals surface area (Å²) in [5, 5.41) is 12.5. The first-order chi connectivity index (χ1) is 13.6. The molecule has 28 heavy (non-hydrogen) atoms. The van der Waals surface area contributed by atoms with Crippen LogP contribution in [-0.4, -0.2) is 12.5 Å². The van der Waals surface area contributed by atoms with Gasteiger partial charge in [0.05, 0.1) is 17.6 Å². The molecule has 0 radical (unpaired) electrons. The average Bonchev–Trinajstić information content (AvgIpc) is 2.73. The van der Waals surface area contributed by atoms with E-state index in [0.29, 0.717) is 23.6 Å². The molecule has 3 rings (SSSR count). The fourth-order valence-electron chi connectivity index (χ4n) is 3.96. The van der Waals surface area contributed by atoms with Gasteiger partial charge in [0.1, 0.15) is 11.8 Å². The highest BCUT2D eigenvalue weighted by Crippen LogP contribution is 2.40. The Balaban J connectivity index is 1.86. The highest BCUT2D eigenvalue weighted by Gasteiger charge is 2.41. The van der Waals surface area contributed by atoms with Crippen molar-refractivity contribution in [2.45, 2.75) is 57.8 Å². The number of hydrogen-bond donors (Lipinski definition) is 1. The normalized spacial score (nSPS) is 15.5. The highest BCUT2D eigenvalue weighted by molar-refractivity contribution is 5.99. The lowest BCUT2D eigenvalue weighted by Gasteiger charge is -2.36. The predicted molar refractivity (Wildman–Crippen MR) is 112 cm³/mol. The molecule has 0 atom stereocenters. The Morgan fingerprint density at radius 1 is 1.14 bits per heavy atom. The van der Waals surface area contributed by atoms with E-state index >= 15 is 0 Å². The summed E-state index contributed by atoms with van der Waals surface area (Å²) in [5.74, 6) is 0.579. The molecule has 0 spiro atoms. The second-order valence-electron chi connectivity index (χ2n) is 7.63. The zero-order valence-corrected chi connectivity index (χ0v) is 16.8. The van der Waals surface area contributed by atoms with Gasteiger partial charge in [-0.05, 0) is 49.9 Å². The maximum Gasteiger partial charge on any atom is 0.235 e. The van der Waals surface area contributed by atoms with E-state index < -0.39 is 5.41 Å². The molecule has 0 aromatic heterocycles. The maximum atomic E-state index is 13.4. The second kappa shape index (κ2) is 8.93. The van der Waals surface area contributed by atoms with Gasteiger partial charge in [0.15, 0.2) is 0 Å². The number of nitrogens with zero attached hydrogens (tertiary/aromatic N) is 1. The number of carbonyl (C=O) groups excluding carboxylic acids is 1. The number of hydrogen-bond acceptors (Lipinski definition) is 3. The van der Waals surface area contributed by atoms with Crippen LogP contribution in [0.25, 0.3) is 0 Å². The molecule has 146 valence electrons. The van der Waals surface area contributed by atoms with E-state index in [1.807, 2.05) is 13.0 Å². The van der Waals surface area contributed by atoms with Gasteiger partial charge in [-0.15, -0.1) is 0 Å². The molecular formula is C24H28N2O2. The number of ether oxygens (including phenoxy) is 1. The number of rotatable bonds is 6. The summed E-state index contributed by atoms with van der Waals surface area (Å²) in [7, 11) is 0. The molecule has 1 N–H and O–H groups in total. The van der Waals surface area contributed by atoms with Crippen molar-refractivity contribution in [3.8, 4) is 11.8 Å². The Bertz CT molecular complexity index is 859. The van der Waals surface area contributed by atoms with Gasteiger partial charge in [-0.3, -0.25) is 4.79 Å². The zero-order chi connectivity index (χ0) is 20.0. The monoisotopic (exact) mass is 376 g/mol. The summed E-state index contributed by atoms with van der Waals surface area (Å²) in [6, 6.07) is 15.8. The van der Waals surface area contributed by atoms with Gasteiger partial charge >= 0.3 is 0 Å². The Kier molecular flexibility index (Phi) is 6.36. The molecule has 4 heteroatoms. The van der Waals surface area contributed by atoms with Crippen LogP contribution in [0.1, 0.15) is 62.1 Å². The van der Waals surface area contributed by atoms with Gasteiger partial charge in [0, 0.05) is 5.69 Å². The number of amides is 1. The molecule has 1 amide bonds. The Morgan fingerprint density at radius 3 is 2.50 bits per heavy atom. The standard InChI is InChI=1S/C24H28N2O2/c1-3-15-28-22-12-11-21(16-19(22)17-25)26-23(27)24(13-5-4-6-14-24)20-9-7-18(2)8-10-20/h7-12,16H,3-6,13-15H2,1-2H3,(H,26,27). The number of aryl methyl sites for hydroxylation is 1. The van der Waals surface area contributed by atoms with Crippen LogP contribution < -0.4 is 10.1 Å². The molecule has 0 unspecified atom stereocenters. The van der Waals surface area contributed by atoms with E-state index in [2.05, 4.69) is 42.6 Å². The molecule has 0 heterocycles. The Hall–Kier alpha value is -2.80. The van der Waals surface area contributed by atoms with Gasteiger partial charge in [-0.1, -0.05) is 56.0 Å². The third-order valence-electron chi connectivity index (χ3n) is 5.57. The molecule has 2 aromatic carbocycles. The first-order valence-electron chi connectivity index (χ1n) is 10.1. The molecule has 0 bridgehead atoms. The maximum absolute atomic E-state index is 13.4. The minimum Gasteiger partial charge on any atom is -0.492 e. The molecule has 1 saturated carbocycles. The topological polar surface area (TPSA) is 62.1 Å². The average molecular weight is 377 g/mol. The molecular weight excluding hydrogens is 348 g/mol. The number of benzene rings is 2. The minimum atomic E-state index is -0.504. The summed E-state index contributed by atoms with van der Waals surface area (Å²) in [6.45, 7) is 4.65. The quantitative estimate of drug-likeness (QED) is 0.724. The van der Waals surface area contributed by atoms with Gasteiger partial charge in [-0.25, -0.2) is 0 Å². The third-order valence-corrected chi connectivity index (χ3v) is 5.57. The smallest absolute Gasteiger partial charge is 0.235 e. The lowest BCUT2D eigenvalue weighted by Crippen LogP contribution is -2.42. The van der Waals surface area contributed by atoms with Gasteiger partial charge in [-0.2, -0.15) is 5.26 Å². The van der Waals surface area contributed by atoms with Crippen LogP contribution >= 0.6 is 0 Å². The number of anilines is 1. The van der Waals surface area contributed by atoms with Gasteiger partial charge in [0.2, 0.25) is 5.91 Å². The van der Waals surface area contributed by atoms with Crippen LogP contribution in [0.2, 0.25) is 0 Å². The second-order valence-corrected chi connectivity index (χ2v) is 7.63. The molecule has 0 aliphatic heterocycles. The third kappa shape index (κ3) is 4.20. The van der Waals surface area contributed by atoms with Crippen molar-refractivity contribution in [2.75, 3.05) is 11.9 Å². The number of nitriles is 1. The van der Waals surface area contributed by atoms with Crippen LogP contribution in [0.15, 0.2) is 42.5 Å². The van der Waals surface area contributed by atoms with Crippen LogP contribution in [-0.2, 0) is 10.2 Å². The van der Waals surface area contributed by atoms with E-state index in [0.717, 1.165) is 37.7 Å².